The number of nitrogens with one attached hydrogen (secondary N) is 1. The highest BCUT2D eigenvalue weighted by Gasteiger charge is 2.33. The first kappa shape index (κ1) is 13.0. The van der Waals surface area contributed by atoms with Crippen molar-refractivity contribution < 1.29 is 4.74 Å². The van der Waals surface area contributed by atoms with Gasteiger partial charge in [-0.1, -0.05) is 44.4 Å². The van der Waals surface area contributed by atoms with Crippen LogP contribution in [0, 0.1) is 5.92 Å². The van der Waals surface area contributed by atoms with E-state index in [1.807, 2.05) is 0 Å². The average Bonchev–Trinajstić information content (AvgIpc) is 2.81. The van der Waals surface area contributed by atoms with E-state index in [9.17, 15) is 0 Å². The van der Waals surface area contributed by atoms with Crippen molar-refractivity contribution in [3.05, 3.63) is 29.8 Å². The summed E-state index contributed by atoms with van der Waals surface area (Å²) in [6.45, 7) is 4.22. The summed E-state index contributed by atoms with van der Waals surface area (Å²) in [4.78, 5) is 0. The van der Waals surface area contributed by atoms with E-state index in [1.54, 1.807) is 0 Å². The van der Waals surface area contributed by atoms with Crippen LogP contribution in [0.2, 0.25) is 0 Å². The smallest absolute Gasteiger partial charge is 0.122 e. The average molecular weight is 259 g/mol. The molecule has 0 aromatic heterocycles. The lowest BCUT2D eigenvalue weighted by molar-refractivity contribution is 0.225. The van der Waals surface area contributed by atoms with Crippen molar-refractivity contribution in [3.63, 3.8) is 0 Å². The van der Waals surface area contributed by atoms with Crippen molar-refractivity contribution in [1.82, 2.24) is 5.32 Å². The Kier molecular flexibility index (Phi) is 4.07. The van der Waals surface area contributed by atoms with Crippen LogP contribution in [-0.2, 0) is 0 Å². The molecule has 2 heteroatoms. The minimum atomic E-state index is 0.545. The van der Waals surface area contributed by atoms with E-state index in [-0.39, 0.29) is 0 Å². The SMILES string of the molecule is CCCNC(CC1CCC1)C1COc2ccccc21. The van der Waals surface area contributed by atoms with Crippen molar-refractivity contribution in [3.8, 4) is 5.75 Å². The number of benzene rings is 1. The van der Waals surface area contributed by atoms with Crippen LogP contribution in [0.5, 0.6) is 5.75 Å². The Balaban J connectivity index is 1.71. The lowest BCUT2D eigenvalue weighted by atomic mass is 9.77. The normalized spacial score (nSPS) is 23.5. The summed E-state index contributed by atoms with van der Waals surface area (Å²) in [7, 11) is 0. The van der Waals surface area contributed by atoms with Crippen LogP contribution in [0.25, 0.3) is 0 Å². The van der Waals surface area contributed by atoms with E-state index < -0.39 is 0 Å². The molecule has 19 heavy (non-hydrogen) atoms. The third-order valence-corrected chi connectivity index (χ3v) is 4.69. The van der Waals surface area contributed by atoms with Gasteiger partial charge in [-0.05, 0) is 31.4 Å². The Morgan fingerprint density at radius 2 is 2.16 bits per heavy atom. The van der Waals surface area contributed by atoms with Crippen LogP contribution in [0.1, 0.15) is 50.5 Å². The summed E-state index contributed by atoms with van der Waals surface area (Å²) in [5.74, 6) is 2.59. The summed E-state index contributed by atoms with van der Waals surface area (Å²) < 4.78 is 5.87. The fourth-order valence-electron chi connectivity index (χ4n) is 3.33. The number of para-hydroxylation sites is 1. The molecule has 1 aliphatic heterocycles. The monoisotopic (exact) mass is 259 g/mol. The van der Waals surface area contributed by atoms with E-state index in [4.69, 9.17) is 4.74 Å². The highest BCUT2D eigenvalue weighted by Crippen LogP contribution is 2.39. The zero-order chi connectivity index (χ0) is 13.1. The number of hydrogen-bond acceptors (Lipinski definition) is 2. The highest BCUT2D eigenvalue weighted by molar-refractivity contribution is 5.40. The molecule has 1 fully saturated rings. The van der Waals surface area contributed by atoms with Crippen molar-refractivity contribution in [2.75, 3.05) is 13.2 Å². The first-order chi connectivity index (χ1) is 9.38. The van der Waals surface area contributed by atoms with E-state index in [1.165, 1.54) is 37.7 Å². The van der Waals surface area contributed by atoms with Gasteiger partial charge in [0.25, 0.3) is 0 Å². The molecule has 3 rings (SSSR count). The molecular formula is C17H25NO. The molecule has 0 amide bonds. The molecule has 2 unspecified atom stereocenters. The van der Waals surface area contributed by atoms with Crippen molar-refractivity contribution in [2.45, 2.75) is 51.0 Å². The Bertz CT molecular complexity index is 413. The number of hydrogen-bond donors (Lipinski definition) is 1. The second-order valence-corrected chi connectivity index (χ2v) is 6.05. The topological polar surface area (TPSA) is 21.3 Å². The molecule has 1 heterocycles. The third kappa shape index (κ3) is 2.79. The van der Waals surface area contributed by atoms with E-state index in [0.29, 0.717) is 12.0 Å². The van der Waals surface area contributed by atoms with Crippen molar-refractivity contribution in [2.24, 2.45) is 5.92 Å². The lowest BCUT2D eigenvalue weighted by Gasteiger charge is -2.33. The van der Waals surface area contributed by atoms with E-state index in [2.05, 4.69) is 36.5 Å². The van der Waals surface area contributed by atoms with Gasteiger partial charge in [0.15, 0.2) is 0 Å². The van der Waals surface area contributed by atoms with Gasteiger partial charge in [0.05, 0.1) is 6.61 Å². The molecular weight excluding hydrogens is 234 g/mol. The molecule has 104 valence electrons. The molecule has 0 saturated heterocycles. The van der Waals surface area contributed by atoms with Gasteiger partial charge in [-0.25, -0.2) is 0 Å². The molecule has 1 aliphatic carbocycles. The van der Waals surface area contributed by atoms with Crippen LogP contribution in [0.15, 0.2) is 24.3 Å². The Hall–Kier alpha value is -1.02. The van der Waals surface area contributed by atoms with Gasteiger partial charge < -0.3 is 10.1 Å². The molecule has 2 nitrogen and oxygen atoms in total. The quantitative estimate of drug-likeness (QED) is 0.840. The molecule has 0 bridgehead atoms. The minimum Gasteiger partial charge on any atom is -0.493 e. The molecule has 2 aliphatic rings. The Morgan fingerprint density at radius 3 is 2.89 bits per heavy atom. The summed E-state index contributed by atoms with van der Waals surface area (Å²) in [6.07, 6.45) is 6.82. The zero-order valence-electron chi connectivity index (χ0n) is 11.9. The summed E-state index contributed by atoms with van der Waals surface area (Å²) in [6, 6.07) is 9.15. The van der Waals surface area contributed by atoms with Crippen molar-refractivity contribution >= 4 is 0 Å². The molecule has 0 spiro atoms. The predicted octanol–water partition coefficient (Wildman–Crippen LogP) is 3.72. The molecule has 1 aromatic rings. The molecule has 1 aromatic carbocycles. The van der Waals surface area contributed by atoms with Gasteiger partial charge >= 0.3 is 0 Å². The maximum Gasteiger partial charge on any atom is 0.122 e. The van der Waals surface area contributed by atoms with Crippen LogP contribution in [-0.4, -0.2) is 19.2 Å². The van der Waals surface area contributed by atoms with Gasteiger partial charge in [0, 0.05) is 17.5 Å². The van der Waals surface area contributed by atoms with Gasteiger partial charge in [-0.15, -0.1) is 0 Å². The van der Waals surface area contributed by atoms with E-state index >= 15 is 0 Å². The van der Waals surface area contributed by atoms with Gasteiger partial charge in [0.1, 0.15) is 5.75 Å². The number of ether oxygens (including phenoxy) is 1. The highest BCUT2D eigenvalue weighted by atomic mass is 16.5. The second-order valence-electron chi connectivity index (χ2n) is 6.05. The molecule has 2 atom stereocenters. The molecule has 1 N–H and O–H groups in total. The first-order valence-corrected chi connectivity index (χ1v) is 7.83. The molecule has 0 radical (unpaired) electrons. The minimum absolute atomic E-state index is 0.545. The molecule has 1 saturated carbocycles. The fraction of sp³-hybridized carbons (Fsp3) is 0.647. The largest absolute Gasteiger partial charge is 0.493 e. The summed E-state index contributed by atoms with van der Waals surface area (Å²) in [5.41, 5.74) is 1.41. The maximum absolute atomic E-state index is 5.87. The van der Waals surface area contributed by atoms with E-state index in [0.717, 1.165) is 24.8 Å². The Morgan fingerprint density at radius 1 is 1.32 bits per heavy atom. The summed E-state index contributed by atoms with van der Waals surface area (Å²) >= 11 is 0. The Labute approximate surface area is 116 Å². The lowest BCUT2D eigenvalue weighted by Crippen LogP contribution is -2.39. The summed E-state index contributed by atoms with van der Waals surface area (Å²) in [5, 5.41) is 3.77. The third-order valence-electron chi connectivity index (χ3n) is 4.69. The number of rotatable bonds is 6. The zero-order valence-corrected chi connectivity index (χ0v) is 11.9. The van der Waals surface area contributed by atoms with Gasteiger partial charge in [0.2, 0.25) is 0 Å². The second kappa shape index (κ2) is 5.96. The van der Waals surface area contributed by atoms with Gasteiger partial charge in [-0.2, -0.15) is 0 Å². The van der Waals surface area contributed by atoms with Gasteiger partial charge in [-0.3, -0.25) is 0 Å². The van der Waals surface area contributed by atoms with Crippen LogP contribution < -0.4 is 10.1 Å². The maximum atomic E-state index is 5.87. The number of fused-ring (bicyclic) bond motifs is 1. The van der Waals surface area contributed by atoms with Crippen LogP contribution in [0.4, 0.5) is 0 Å². The van der Waals surface area contributed by atoms with Crippen LogP contribution in [0.3, 0.4) is 0 Å². The fourth-order valence-corrected chi connectivity index (χ4v) is 3.33. The van der Waals surface area contributed by atoms with Crippen molar-refractivity contribution in [1.29, 1.82) is 0 Å². The first-order valence-electron chi connectivity index (χ1n) is 7.83. The van der Waals surface area contributed by atoms with Crippen LogP contribution >= 0.6 is 0 Å². The standard InChI is InChI=1S/C17H25NO/c1-2-10-18-16(11-13-6-5-7-13)15-12-19-17-9-4-3-8-14(15)17/h3-4,8-9,13,15-16,18H,2,5-7,10-12H2,1H3. The predicted molar refractivity (Wildman–Crippen MR) is 78.7 cm³/mol.